The van der Waals surface area contributed by atoms with Crippen molar-refractivity contribution in [2.24, 2.45) is 5.73 Å². The van der Waals surface area contributed by atoms with E-state index < -0.39 is 0 Å². The van der Waals surface area contributed by atoms with Crippen molar-refractivity contribution < 1.29 is 4.52 Å². The van der Waals surface area contributed by atoms with E-state index in [1.165, 1.54) is 0 Å². The van der Waals surface area contributed by atoms with E-state index >= 15 is 0 Å². The molecule has 2 N–H and O–H groups in total. The molecule has 0 unspecified atom stereocenters. The van der Waals surface area contributed by atoms with Gasteiger partial charge in [-0.25, -0.2) is 0 Å². The van der Waals surface area contributed by atoms with Gasteiger partial charge in [0.25, 0.3) is 0 Å². The van der Waals surface area contributed by atoms with Gasteiger partial charge in [-0.05, 0) is 0 Å². The largest absolute Gasteiger partial charge is 0.339 e. The van der Waals surface area contributed by atoms with Crippen LogP contribution in [0.4, 0.5) is 0 Å². The highest BCUT2D eigenvalue weighted by Gasteiger charge is 2.08. The normalized spacial score (nSPS) is 11.1. The molecule has 1 rings (SSSR count). The summed E-state index contributed by atoms with van der Waals surface area (Å²) in [4.78, 5) is 4.24. The van der Waals surface area contributed by atoms with Crippen LogP contribution in [-0.2, 0) is 5.75 Å². The van der Waals surface area contributed by atoms with Crippen molar-refractivity contribution in [3.05, 3.63) is 11.7 Å². The van der Waals surface area contributed by atoms with Crippen molar-refractivity contribution in [1.82, 2.24) is 10.1 Å². The van der Waals surface area contributed by atoms with Crippen molar-refractivity contribution in [2.75, 3.05) is 12.3 Å². The zero-order valence-corrected chi connectivity index (χ0v) is 8.80. The molecule has 0 saturated carbocycles. The van der Waals surface area contributed by atoms with Crippen molar-refractivity contribution >= 4 is 11.8 Å². The summed E-state index contributed by atoms with van der Waals surface area (Å²) in [5.74, 6) is 3.50. The van der Waals surface area contributed by atoms with Gasteiger partial charge in [0.2, 0.25) is 5.89 Å². The topological polar surface area (TPSA) is 64.9 Å². The molecule has 74 valence electrons. The molecule has 1 aromatic heterocycles. The van der Waals surface area contributed by atoms with Crippen molar-refractivity contribution in [2.45, 2.75) is 25.5 Å². The fourth-order valence-electron chi connectivity index (χ4n) is 0.807. The van der Waals surface area contributed by atoms with Gasteiger partial charge >= 0.3 is 0 Å². The molecule has 0 radical (unpaired) electrons. The van der Waals surface area contributed by atoms with E-state index in [-0.39, 0.29) is 0 Å². The first kappa shape index (κ1) is 10.5. The monoisotopic (exact) mass is 201 g/mol. The highest BCUT2D eigenvalue weighted by molar-refractivity contribution is 7.98. The lowest BCUT2D eigenvalue weighted by Crippen LogP contribution is -2.01. The minimum absolute atomic E-state index is 0.306. The van der Waals surface area contributed by atoms with Crippen molar-refractivity contribution in [1.29, 1.82) is 0 Å². The maximum atomic E-state index is 5.36. The van der Waals surface area contributed by atoms with Crippen LogP contribution in [0, 0.1) is 0 Å². The van der Waals surface area contributed by atoms with Gasteiger partial charge in [-0.3, -0.25) is 0 Å². The van der Waals surface area contributed by atoms with E-state index in [4.69, 9.17) is 10.3 Å². The number of hydrogen-bond acceptors (Lipinski definition) is 5. The lowest BCUT2D eigenvalue weighted by Gasteiger charge is -1.93. The zero-order valence-electron chi connectivity index (χ0n) is 7.99. The van der Waals surface area contributed by atoms with Crippen LogP contribution in [0.1, 0.15) is 31.5 Å². The summed E-state index contributed by atoms with van der Waals surface area (Å²) in [5, 5.41) is 3.86. The summed E-state index contributed by atoms with van der Waals surface area (Å²) in [5.41, 5.74) is 5.36. The molecule has 0 aliphatic carbocycles. The molecule has 0 amide bonds. The molecule has 0 atom stereocenters. The highest BCUT2D eigenvalue weighted by Crippen LogP contribution is 2.13. The van der Waals surface area contributed by atoms with E-state index in [2.05, 4.69) is 10.1 Å². The quantitative estimate of drug-likeness (QED) is 0.729. The first-order chi connectivity index (χ1) is 6.24. The SMILES string of the molecule is CC(C)c1nc(CSCCN)no1. The average Bonchev–Trinajstić information content (AvgIpc) is 2.53. The third-order valence-corrected chi connectivity index (χ3v) is 2.46. The summed E-state index contributed by atoms with van der Waals surface area (Å²) in [7, 11) is 0. The predicted octanol–water partition coefficient (Wildman–Crippen LogP) is 1.38. The average molecular weight is 201 g/mol. The van der Waals surface area contributed by atoms with Crippen LogP contribution in [-0.4, -0.2) is 22.4 Å². The second-order valence-corrected chi connectivity index (χ2v) is 4.15. The van der Waals surface area contributed by atoms with Crippen LogP contribution in [0.15, 0.2) is 4.52 Å². The van der Waals surface area contributed by atoms with Crippen molar-refractivity contribution in [3.8, 4) is 0 Å². The molecule has 0 aromatic carbocycles. The first-order valence-corrected chi connectivity index (χ1v) is 5.49. The lowest BCUT2D eigenvalue weighted by molar-refractivity contribution is 0.362. The minimum Gasteiger partial charge on any atom is -0.339 e. The summed E-state index contributed by atoms with van der Waals surface area (Å²) >= 11 is 1.72. The van der Waals surface area contributed by atoms with Crippen LogP contribution in [0.5, 0.6) is 0 Å². The standard InChI is InChI=1S/C8H15N3OS/c1-6(2)8-10-7(11-12-8)5-13-4-3-9/h6H,3-5,9H2,1-2H3. The maximum absolute atomic E-state index is 5.36. The molecule has 0 fully saturated rings. The van der Waals surface area contributed by atoms with Gasteiger partial charge in [0.05, 0.1) is 5.75 Å². The predicted molar refractivity (Wildman–Crippen MR) is 53.6 cm³/mol. The Kier molecular flexibility index (Phi) is 4.24. The molecule has 4 nitrogen and oxygen atoms in total. The molecule has 5 heteroatoms. The Morgan fingerprint density at radius 1 is 1.54 bits per heavy atom. The Labute approximate surface area is 82.3 Å². The van der Waals surface area contributed by atoms with Crippen LogP contribution in [0.25, 0.3) is 0 Å². The van der Waals surface area contributed by atoms with E-state index in [1.54, 1.807) is 11.8 Å². The van der Waals surface area contributed by atoms with Crippen LogP contribution >= 0.6 is 11.8 Å². The summed E-state index contributed by atoms with van der Waals surface area (Å²) in [6.07, 6.45) is 0. The minimum atomic E-state index is 0.306. The van der Waals surface area contributed by atoms with Gasteiger partial charge in [-0.15, -0.1) is 0 Å². The zero-order chi connectivity index (χ0) is 9.68. The second kappa shape index (κ2) is 5.24. The number of nitrogens with two attached hydrogens (primary N) is 1. The Hall–Kier alpha value is -0.550. The van der Waals surface area contributed by atoms with Crippen molar-refractivity contribution in [3.63, 3.8) is 0 Å². The molecular weight excluding hydrogens is 186 g/mol. The fourth-order valence-corrected chi connectivity index (χ4v) is 1.42. The summed E-state index contributed by atoms with van der Waals surface area (Å²) in [6.45, 7) is 4.76. The molecule has 13 heavy (non-hydrogen) atoms. The van der Waals surface area contributed by atoms with Crippen LogP contribution in [0.3, 0.4) is 0 Å². The number of nitrogens with zero attached hydrogens (tertiary/aromatic N) is 2. The molecular formula is C8H15N3OS. The van der Waals surface area contributed by atoms with Gasteiger partial charge in [0, 0.05) is 18.2 Å². The maximum Gasteiger partial charge on any atom is 0.229 e. The van der Waals surface area contributed by atoms with Gasteiger partial charge in [-0.1, -0.05) is 19.0 Å². The Bertz CT molecular complexity index is 249. The Morgan fingerprint density at radius 3 is 2.85 bits per heavy atom. The Morgan fingerprint density at radius 2 is 2.31 bits per heavy atom. The number of aromatic nitrogens is 2. The fraction of sp³-hybridized carbons (Fsp3) is 0.750. The number of thioether (sulfide) groups is 1. The lowest BCUT2D eigenvalue weighted by atomic mass is 10.2. The van der Waals surface area contributed by atoms with Crippen LogP contribution in [0.2, 0.25) is 0 Å². The van der Waals surface area contributed by atoms with E-state index in [0.29, 0.717) is 18.4 Å². The van der Waals surface area contributed by atoms with Crippen LogP contribution < -0.4 is 5.73 Å². The molecule has 0 aliphatic rings. The van der Waals surface area contributed by atoms with Gasteiger partial charge in [0.1, 0.15) is 0 Å². The number of rotatable bonds is 5. The molecule has 0 saturated heterocycles. The number of hydrogen-bond donors (Lipinski definition) is 1. The second-order valence-electron chi connectivity index (χ2n) is 3.04. The summed E-state index contributed by atoms with van der Waals surface area (Å²) in [6, 6.07) is 0. The van der Waals surface area contributed by atoms with Gasteiger partial charge < -0.3 is 10.3 Å². The van der Waals surface area contributed by atoms with E-state index in [9.17, 15) is 0 Å². The molecule has 1 heterocycles. The molecule has 0 spiro atoms. The smallest absolute Gasteiger partial charge is 0.229 e. The van der Waals surface area contributed by atoms with E-state index in [1.807, 2.05) is 13.8 Å². The van der Waals surface area contributed by atoms with Gasteiger partial charge in [0.15, 0.2) is 5.82 Å². The first-order valence-electron chi connectivity index (χ1n) is 4.34. The summed E-state index contributed by atoms with van der Waals surface area (Å²) < 4.78 is 5.05. The Balaban J connectivity index is 2.40. The molecule has 1 aromatic rings. The molecule has 0 bridgehead atoms. The third-order valence-electron chi connectivity index (χ3n) is 1.47. The molecule has 0 aliphatic heterocycles. The van der Waals surface area contributed by atoms with Gasteiger partial charge in [-0.2, -0.15) is 16.7 Å². The van der Waals surface area contributed by atoms with E-state index in [0.717, 1.165) is 17.3 Å². The highest BCUT2D eigenvalue weighted by atomic mass is 32.2. The third kappa shape index (κ3) is 3.36.